The minimum Gasteiger partial charge on any atom is -0.393 e. The quantitative estimate of drug-likeness (QED) is 0.574. The fourth-order valence-corrected chi connectivity index (χ4v) is 3.23. The summed E-state index contributed by atoms with van der Waals surface area (Å²) in [6.45, 7) is 1.03. The molecule has 2 fully saturated rings. The van der Waals surface area contributed by atoms with E-state index in [-0.39, 0.29) is 5.92 Å². The number of hydrogen-bond acceptors (Lipinski definition) is 4. The lowest BCUT2D eigenvalue weighted by atomic mass is 9.80. The van der Waals surface area contributed by atoms with Crippen LogP contribution in [0, 0.1) is 11.8 Å². The van der Waals surface area contributed by atoms with Gasteiger partial charge in [-0.2, -0.15) is 0 Å². The van der Waals surface area contributed by atoms with Crippen LogP contribution in [-0.2, 0) is 0 Å². The minimum absolute atomic E-state index is 0.222. The molecule has 4 nitrogen and oxygen atoms in total. The Balaban J connectivity index is 1.83. The normalized spacial score (nSPS) is 37.9. The summed E-state index contributed by atoms with van der Waals surface area (Å²) >= 11 is 0. The van der Waals surface area contributed by atoms with E-state index in [4.69, 9.17) is 0 Å². The van der Waals surface area contributed by atoms with Gasteiger partial charge in [0.15, 0.2) is 0 Å². The lowest BCUT2D eigenvalue weighted by Crippen LogP contribution is -2.54. The Kier molecular flexibility index (Phi) is 4.79. The van der Waals surface area contributed by atoms with Gasteiger partial charge in [0.25, 0.3) is 0 Å². The molecule has 1 aliphatic heterocycles. The van der Waals surface area contributed by atoms with Crippen LogP contribution in [0.2, 0.25) is 0 Å². The molecule has 0 bridgehead atoms. The van der Waals surface area contributed by atoms with Crippen LogP contribution in [0.4, 0.5) is 0 Å². The maximum atomic E-state index is 10.2. The van der Waals surface area contributed by atoms with Gasteiger partial charge in [-0.05, 0) is 12.3 Å². The highest BCUT2D eigenvalue weighted by Gasteiger charge is 2.35. The van der Waals surface area contributed by atoms with Gasteiger partial charge in [-0.15, -0.1) is 0 Å². The van der Waals surface area contributed by atoms with Crippen molar-refractivity contribution in [3.63, 3.8) is 0 Å². The van der Waals surface area contributed by atoms with Crippen molar-refractivity contribution in [3.8, 4) is 0 Å². The average molecular weight is 243 g/mol. The second kappa shape index (κ2) is 6.14. The Hall–Kier alpha value is -0.160. The van der Waals surface area contributed by atoms with Gasteiger partial charge in [0.1, 0.15) is 0 Å². The number of rotatable bonds is 3. The number of β-amino-alcohol motifs (C(OH)–C–C–N with tert-alkyl or cyclic N) is 1. The summed E-state index contributed by atoms with van der Waals surface area (Å²) in [5.41, 5.74) is 0. The highest BCUT2D eigenvalue weighted by molar-refractivity contribution is 4.89. The lowest BCUT2D eigenvalue weighted by molar-refractivity contribution is -0.0791. The van der Waals surface area contributed by atoms with E-state index in [0.717, 1.165) is 6.42 Å². The first-order chi connectivity index (χ1) is 8.18. The Bertz CT molecular complexity index is 231. The van der Waals surface area contributed by atoms with Crippen LogP contribution in [0.5, 0.6) is 0 Å². The molecular weight excluding hydrogens is 218 g/mol. The van der Waals surface area contributed by atoms with Gasteiger partial charge >= 0.3 is 0 Å². The van der Waals surface area contributed by atoms with E-state index in [1.165, 1.54) is 32.1 Å². The Labute approximate surface area is 103 Å². The SMILES string of the molecule is OC(CC1CCCCC1)[C@H]1CNC[C@@H](O)[C@@H]1O. The number of piperidine rings is 1. The van der Waals surface area contributed by atoms with Crippen molar-refractivity contribution in [1.82, 2.24) is 5.32 Å². The topological polar surface area (TPSA) is 72.7 Å². The molecule has 0 aromatic heterocycles. The van der Waals surface area contributed by atoms with Crippen LogP contribution in [0.25, 0.3) is 0 Å². The molecule has 100 valence electrons. The van der Waals surface area contributed by atoms with E-state index in [1.54, 1.807) is 0 Å². The molecule has 2 aliphatic rings. The average Bonchev–Trinajstić information content (AvgIpc) is 2.34. The van der Waals surface area contributed by atoms with E-state index in [1.807, 2.05) is 0 Å². The van der Waals surface area contributed by atoms with Crippen LogP contribution < -0.4 is 5.32 Å². The van der Waals surface area contributed by atoms with Crippen molar-refractivity contribution in [2.75, 3.05) is 13.1 Å². The predicted molar refractivity (Wildman–Crippen MR) is 65.6 cm³/mol. The molecule has 0 aromatic rings. The molecule has 4 atom stereocenters. The predicted octanol–water partition coefficient (Wildman–Crippen LogP) is 0.259. The third kappa shape index (κ3) is 3.41. The molecule has 1 unspecified atom stereocenters. The molecular formula is C13H25NO3. The van der Waals surface area contributed by atoms with Crippen molar-refractivity contribution in [3.05, 3.63) is 0 Å². The molecule has 4 heteroatoms. The van der Waals surface area contributed by atoms with E-state index < -0.39 is 18.3 Å². The largest absolute Gasteiger partial charge is 0.393 e. The molecule has 1 heterocycles. The van der Waals surface area contributed by atoms with E-state index in [2.05, 4.69) is 5.32 Å². The number of nitrogens with one attached hydrogen (secondary N) is 1. The highest BCUT2D eigenvalue weighted by atomic mass is 16.3. The van der Waals surface area contributed by atoms with Gasteiger partial charge in [-0.25, -0.2) is 0 Å². The van der Waals surface area contributed by atoms with Crippen molar-refractivity contribution >= 4 is 0 Å². The molecule has 0 spiro atoms. The summed E-state index contributed by atoms with van der Waals surface area (Å²) in [6.07, 6.45) is 5.03. The number of aliphatic hydroxyl groups excluding tert-OH is 3. The van der Waals surface area contributed by atoms with Gasteiger partial charge in [-0.1, -0.05) is 32.1 Å². The van der Waals surface area contributed by atoms with Gasteiger partial charge in [0.05, 0.1) is 18.3 Å². The van der Waals surface area contributed by atoms with Crippen molar-refractivity contribution in [2.45, 2.75) is 56.8 Å². The minimum atomic E-state index is -0.783. The third-order valence-corrected chi connectivity index (χ3v) is 4.36. The molecule has 0 amide bonds. The zero-order valence-corrected chi connectivity index (χ0v) is 10.4. The van der Waals surface area contributed by atoms with E-state index >= 15 is 0 Å². The summed E-state index contributed by atoms with van der Waals surface area (Å²) in [7, 11) is 0. The summed E-state index contributed by atoms with van der Waals surface area (Å²) in [5, 5.41) is 32.7. The Morgan fingerprint density at radius 3 is 2.47 bits per heavy atom. The van der Waals surface area contributed by atoms with E-state index in [9.17, 15) is 15.3 Å². The van der Waals surface area contributed by atoms with Crippen LogP contribution in [-0.4, -0.2) is 46.7 Å². The van der Waals surface area contributed by atoms with Crippen molar-refractivity contribution < 1.29 is 15.3 Å². The molecule has 1 saturated heterocycles. The third-order valence-electron chi connectivity index (χ3n) is 4.36. The van der Waals surface area contributed by atoms with Gasteiger partial charge < -0.3 is 20.6 Å². The standard InChI is InChI=1S/C13H25NO3/c15-11(6-9-4-2-1-3-5-9)10-7-14-8-12(16)13(10)17/h9-17H,1-8H2/t10-,11?,12-,13-/m1/s1. The van der Waals surface area contributed by atoms with Gasteiger partial charge in [-0.3, -0.25) is 0 Å². The summed E-state index contributed by atoms with van der Waals surface area (Å²) < 4.78 is 0. The van der Waals surface area contributed by atoms with Crippen molar-refractivity contribution in [1.29, 1.82) is 0 Å². The second-order valence-electron chi connectivity index (χ2n) is 5.69. The highest BCUT2D eigenvalue weighted by Crippen LogP contribution is 2.30. The summed E-state index contributed by atoms with van der Waals surface area (Å²) in [6, 6.07) is 0. The Morgan fingerprint density at radius 1 is 1.06 bits per heavy atom. The second-order valence-corrected chi connectivity index (χ2v) is 5.69. The van der Waals surface area contributed by atoms with Crippen LogP contribution in [0.1, 0.15) is 38.5 Å². The zero-order chi connectivity index (χ0) is 12.3. The van der Waals surface area contributed by atoms with Crippen molar-refractivity contribution in [2.24, 2.45) is 11.8 Å². The fourth-order valence-electron chi connectivity index (χ4n) is 3.23. The molecule has 2 rings (SSSR count). The summed E-state index contributed by atoms with van der Waals surface area (Å²) in [4.78, 5) is 0. The van der Waals surface area contributed by atoms with Crippen LogP contribution in [0.15, 0.2) is 0 Å². The Morgan fingerprint density at radius 2 is 1.76 bits per heavy atom. The zero-order valence-electron chi connectivity index (χ0n) is 10.4. The van der Waals surface area contributed by atoms with Crippen LogP contribution >= 0.6 is 0 Å². The number of aliphatic hydroxyl groups is 3. The molecule has 1 aliphatic carbocycles. The first-order valence-electron chi connectivity index (χ1n) is 6.93. The summed E-state index contributed by atoms with van der Waals surface area (Å²) in [5.74, 6) is 0.380. The first kappa shape index (κ1) is 13.3. The molecule has 1 saturated carbocycles. The first-order valence-corrected chi connectivity index (χ1v) is 6.93. The van der Waals surface area contributed by atoms with E-state index in [0.29, 0.717) is 19.0 Å². The molecule has 4 N–H and O–H groups in total. The number of hydrogen-bond donors (Lipinski definition) is 4. The molecule has 0 aromatic carbocycles. The smallest absolute Gasteiger partial charge is 0.0927 e. The maximum Gasteiger partial charge on any atom is 0.0927 e. The lowest BCUT2D eigenvalue weighted by Gasteiger charge is -2.37. The maximum absolute atomic E-state index is 10.2. The molecule has 0 radical (unpaired) electrons. The van der Waals surface area contributed by atoms with Crippen LogP contribution in [0.3, 0.4) is 0 Å². The molecule has 17 heavy (non-hydrogen) atoms. The fraction of sp³-hybridized carbons (Fsp3) is 1.00. The van der Waals surface area contributed by atoms with Gasteiger partial charge in [0, 0.05) is 19.0 Å². The van der Waals surface area contributed by atoms with Gasteiger partial charge in [0.2, 0.25) is 0 Å². The monoisotopic (exact) mass is 243 g/mol.